The molecule has 4 rings (SSSR count). The minimum Gasteiger partial charge on any atom is -0.481 e. The van der Waals surface area contributed by atoms with E-state index in [0.29, 0.717) is 12.3 Å². The van der Waals surface area contributed by atoms with Crippen molar-refractivity contribution in [2.75, 3.05) is 0 Å². The molecule has 0 radical (unpaired) electrons. The van der Waals surface area contributed by atoms with Crippen molar-refractivity contribution in [3.8, 4) is 0 Å². The maximum atomic E-state index is 12.1. The highest BCUT2D eigenvalue weighted by molar-refractivity contribution is 5.76. The lowest BCUT2D eigenvalue weighted by molar-refractivity contribution is -0.162. The Labute approximate surface area is 119 Å². The van der Waals surface area contributed by atoms with Crippen molar-refractivity contribution in [3.05, 3.63) is 0 Å². The van der Waals surface area contributed by atoms with Gasteiger partial charge in [-0.05, 0) is 18.8 Å². The predicted molar refractivity (Wildman–Crippen MR) is 71.8 cm³/mol. The summed E-state index contributed by atoms with van der Waals surface area (Å²) in [6.07, 6.45) is 7.70. The van der Waals surface area contributed by atoms with Crippen molar-refractivity contribution in [3.63, 3.8) is 0 Å². The van der Waals surface area contributed by atoms with Gasteiger partial charge in [0.25, 0.3) is 0 Å². The summed E-state index contributed by atoms with van der Waals surface area (Å²) in [6.45, 7) is 4.11. The number of ether oxygens (including phenoxy) is 2. The largest absolute Gasteiger partial charge is 0.481 e. The van der Waals surface area contributed by atoms with Crippen LogP contribution < -0.4 is 0 Å². The Morgan fingerprint density at radius 2 is 1.80 bits per heavy atom. The summed E-state index contributed by atoms with van der Waals surface area (Å²) in [7, 11) is 0. The molecule has 4 nitrogen and oxygen atoms in total. The summed E-state index contributed by atoms with van der Waals surface area (Å²) in [6, 6.07) is 0. The third-order valence-corrected chi connectivity index (χ3v) is 6.53. The SMILES string of the molecule is CC1CC(CC2CCCCC2)(C(=O)O)C(C)C23OC12O3. The molecule has 0 spiro atoms. The van der Waals surface area contributed by atoms with Crippen LogP contribution in [0.4, 0.5) is 0 Å². The molecule has 0 aromatic rings. The average Bonchev–Trinajstić information content (AvgIpc) is 3.24. The Hall–Kier alpha value is -0.610. The fourth-order valence-electron chi connectivity index (χ4n) is 5.18. The second-order valence-corrected chi connectivity index (χ2v) is 7.54. The fourth-order valence-corrected chi connectivity index (χ4v) is 5.18. The van der Waals surface area contributed by atoms with E-state index in [4.69, 9.17) is 9.47 Å². The van der Waals surface area contributed by atoms with Gasteiger partial charge in [0, 0.05) is 11.8 Å². The molecule has 2 aliphatic carbocycles. The minimum atomic E-state index is -0.655. The maximum Gasteiger partial charge on any atom is 0.310 e. The van der Waals surface area contributed by atoms with Gasteiger partial charge in [0.15, 0.2) is 0 Å². The first-order valence-electron chi connectivity index (χ1n) is 8.11. The van der Waals surface area contributed by atoms with E-state index in [1.165, 1.54) is 32.1 Å². The van der Waals surface area contributed by atoms with Crippen LogP contribution in [0.1, 0.15) is 58.8 Å². The average molecular weight is 280 g/mol. The molecule has 1 N–H and O–H groups in total. The number of hydrogen-bond acceptors (Lipinski definition) is 3. The van der Waals surface area contributed by atoms with Crippen LogP contribution in [0.25, 0.3) is 0 Å². The minimum absolute atomic E-state index is 0.0365. The van der Waals surface area contributed by atoms with Crippen molar-refractivity contribution in [2.24, 2.45) is 23.2 Å². The molecule has 2 heterocycles. The second kappa shape index (κ2) is 3.77. The van der Waals surface area contributed by atoms with E-state index in [9.17, 15) is 9.90 Å². The molecule has 4 aliphatic rings. The molecular weight excluding hydrogens is 256 g/mol. The van der Waals surface area contributed by atoms with Crippen LogP contribution in [0.5, 0.6) is 0 Å². The monoisotopic (exact) mass is 280 g/mol. The molecule has 20 heavy (non-hydrogen) atoms. The van der Waals surface area contributed by atoms with Crippen LogP contribution in [-0.2, 0) is 14.3 Å². The molecule has 3 unspecified atom stereocenters. The van der Waals surface area contributed by atoms with Crippen LogP contribution in [0, 0.1) is 23.2 Å². The molecule has 0 aromatic carbocycles. The molecule has 0 bridgehead atoms. The summed E-state index contributed by atoms with van der Waals surface area (Å²) in [5, 5.41) is 9.96. The smallest absolute Gasteiger partial charge is 0.310 e. The standard InChI is InChI=1S/C16H24O4/c1-10-8-14(13(17)18,9-12-6-4-3-5-7-12)11(2)16-15(10,19-16)20-16/h10-12H,3-9H2,1-2H3,(H,17,18). The Balaban J connectivity index is 1.61. The summed E-state index contributed by atoms with van der Waals surface area (Å²) in [5.41, 5.74) is -0.655. The third-order valence-electron chi connectivity index (χ3n) is 6.53. The Kier molecular flexibility index (Phi) is 2.47. The maximum absolute atomic E-state index is 12.1. The van der Waals surface area contributed by atoms with Crippen molar-refractivity contribution < 1.29 is 19.4 Å². The van der Waals surface area contributed by atoms with Crippen LogP contribution in [0.15, 0.2) is 0 Å². The molecule has 3 atom stereocenters. The van der Waals surface area contributed by atoms with Gasteiger partial charge in [-0.1, -0.05) is 46.0 Å². The van der Waals surface area contributed by atoms with Crippen molar-refractivity contribution in [2.45, 2.75) is 70.4 Å². The molecule has 2 saturated heterocycles. The number of epoxide rings is 2. The second-order valence-electron chi connectivity index (χ2n) is 7.54. The van der Waals surface area contributed by atoms with E-state index < -0.39 is 23.0 Å². The molecule has 112 valence electrons. The predicted octanol–water partition coefficient (Wildman–Crippen LogP) is 3.16. The quantitative estimate of drug-likeness (QED) is 0.807. The Bertz CT molecular complexity index is 447. The summed E-state index contributed by atoms with van der Waals surface area (Å²) in [4.78, 5) is 12.1. The van der Waals surface area contributed by atoms with Crippen LogP contribution in [0.2, 0.25) is 0 Å². The molecule has 4 heteroatoms. The van der Waals surface area contributed by atoms with Gasteiger partial charge in [-0.15, -0.1) is 0 Å². The number of carbonyl (C=O) groups is 1. The first-order chi connectivity index (χ1) is 9.47. The van der Waals surface area contributed by atoms with Crippen LogP contribution >= 0.6 is 0 Å². The highest BCUT2D eigenvalue weighted by atomic mass is 17.0. The number of rotatable bonds is 3. The molecular formula is C16H24O4. The van der Waals surface area contributed by atoms with Crippen molar-refractivity contribution in [1.29, 1.82) is 0 Å². The highest BCUT2D eigenvalue weighted by Gasteiger charge is 2.98. The summed E-state index contributed by atoms with van der Waals surface area (Å²) < 4.78 is 11.6. The topological polar surface area (TPSA) is 62.4 Å². The lowest BCUT2D eigenvalue weighted by Crippen LogP contribution is -2.47. The van der Waals surface area contributed by atoms with E-state index in [0.717, 1.165) is 6.42 Å². The van der Waals surface area contributed by atoms with Gasteiger partial charge in [-0.25, -0.2) is 0 Å². The van der Waals surface area contributed by atoms with Gasteiger partial charge >= 0.3 is 5.97 Å². The van der Waals surface area contributed by atoms with Gasteiger partial charge in [0.1, 0.15) is 0 Å². The zero-order chi connectivity index (χ0) is 14.2. The van der Waals surface area contributed by atoms with Gasteiger partial charge in [0.2, 0.25) is 11.6 Å². The molecule has 0 amide bonds. The van der Waals surface area contributed by atoms with Crippen molar-refractivity contribution in [1.82, 2.24) is 0 Å². The number of carboxylic acids is 1. The van der Waals surface area contributed by atoms with Crippen molar-refractivity contribution >= 4 is 5.97 Å². The van der Waals surface area contributed by atoms with Gasteiger partial charge in [0.05, 0.1) is 5.41 Å². The third kappa shape index (κ3) is 1.37. The number of aliphatic carboxylic acids is 1. The Morgan fingerprint density at radius 1 is 1.15 bits per heavy atom. The van der Waals surface area contributed by atoms with E-state index in [1.54, 1.807) is 0 Å². The van der Waals surface area contributed by atoms with Crippen LogP contribution in [0.3, 0.4) is 0 Å². The lowest BCUT2D eigenvalue weighted by Gasteiger charge is -2.40. The van der Waals surface area contributed by atoms with E-state index in [-0.39, 0.29) is 11.8 Å². The lowest BCUT2D eigenvalue weighted by atomic mass is 9.59. The van der Waals surface area contributed by atoms with Gasteiger partial charge in [-0.2, -0.15) is 0 Å². The molecule has 0 aromatic heterocycles. The van der Waals surface area contributed by atoms with E-state index in [2.05, 4.69) is 6.92 Å². The normalized spacial score (nSPS) is 53.9. The molecule has 2 saturated carbocycles. The summed E-state index contributed by atoms with van der Waals surface area (Å²) >= 11 is 0. The zero-order valence-corrected chi connectivity index (χ0v) is 12.4. The Morgan fingerprint density at radius 3 is 2.40 bits per heavy atom. The summed E-state index contributed by atoms with van der Waals surface area (Å²) in [5.74, 6) is -0.869. The first kappa shape index (κ1) is 13.1. The molecule has 4 fully saturated rings. The zero-order valence-electron chi connectivity index (χ0n) is 12.4. The number of carboxylic acid groups (broad SMARTS) is 1. The van der Waals surface area contributed by atoms with E-state index >= 15 is 0 Å². The van der Waals surface area contributed by atoms with Crippen LogP contribution in [-0.4, -0.2) is 22.7 Å². The number of hydrogen-bond donors (Lipinski definition) is 1. The molecule has 2 aliphatic heterocycles. The van der Waals surface area contributed by atoms with E-state index in [1.807, 2.05) is 6.92 Å². The first-order valence-corrected chi connectivity index (χ1v) is 8.11. The van der Waals surface area contributed by atoms with Gasteiger partial charge < -0.3 is 14.6 Å². The highest BCUT2D eigenvalue weighted by Crippen LogP contribution is 2.81. The van der Waals surface area contributed by atoms with Gasteiger partial charge in [-0.3, -0.25) is 4.79 Å². The fraction of sp³-hybridized carbons (Fsp3) is 0.938.